The molecule has 0 radical (unpaired) electrons. The van der Waals surface area contributed by atoms with Crippen LogP contribution in [0.4, 0.5) is 4.39 Å². The van der Waals surface area contributed by atoms with E-state index in [4.69, 9.17) is 11.6 Å². The molecule has 0 aliphatic rings. The van der Waals surface area contributed by atoms with Crippen molar-refractivity contribution in [2.75, 3.05) is 0 Å². The summed E-state index contributed by atoms with van der Waals surface area (Å²) in [5, 5.41) is 3.54. The quantitative estimate of drug-likeness (QED) is 0.774. The molecule has 23 heavy (non-hydrogen) atoms. The summed E-state index contributed by atoms with van der Waals surface area (Å²) >= 11 is 5.87. The van der Waals surface area contributed by atoms with Gasteiger partial charge in [0, 0.05) is 23.2 Å². The Morgan fingerprint density at radius 1 is 1.17 bits per heavy atom. The van der Waals surface area contributed by atoms with Crippen molar-refractivity contribution in [3.8, 4) is 0 Å². The number of H-pyrrole nitrogens is 1. The van der Waals surface area contributed by atoms with Gasteiger partial charge >= 0.3 is 0 Å². The van der Waals surface area contributed by atoms with Gasteiger partial charge in [0.15, 0.2) is 0 Å². The maximum Gasteiger partial charge on any atom is 0.257 e. The minimum atomic E-state index is -0.493. The predicted octanol–water partition coefficient (Wildman–Crippen LogP) is 3.25. The molecule has 0 saturated carbocycles. The van der Waals surface area contributed by atoms with Crippen LogP contribution in [0.25, 0.3) is 10.9 Å². The number of nitrogens with one attached hydrogen (secondary N) is 2. The average Bonchev–Trinajstić information content (AvgIpc) is 2.54. The van der Waals surface area contributed by atoms with Crippen LogP contribution in [0, 0.1) is 5.82 Å². The van der Waals surface area contributed by atoms with Crippen LogP contribution >= 0.6 is 11.6 Å². The molecular formula is C17H12ClFN2O2. The van der Waals surface area contributed by atoms with E-state index >= 15 is 0 Å². The van der Waals surface area contributed by atoms with E-state index in [-0.39, 0.29) is 23.4 Å². The van der Waals surface area contributed by atoms with Gasteiger partial charge in [-0.1, -0.05) is 23.7 Å². The molecule has 1 aromatic heterocycles. The van der Waals surface area contributed by atoms with Gasteiger partial charge < -0.3 is 10.3 Å². The van der Waals surface area contributed by atoms with Crippen LogP contribution in [0.5, 0.6) is 0 Å². The molecule has 0 fully saturated rings. The summed E-state index contributed by atoms with van der Waals surface area (Å²) in [6, 6.07) is 10.6. The third kappa shape index (κ3) is 3.24. The van der Waals surface area contributed by atoms with Gasteiger partial charge in [-0.2, -0.15) is 0 Å². The fraction of sp³-hybridized carbons (Fsp3) is 0.0588. The van der Waals surface area contributed by atoms with Crippen molar-refractivity contribution in [2.45, 2.75) is 6.54 Å². The first-order chi connectivity index (χ1) is 11.0. The lowest BCUT2D eigenvalue weighted by molar-refractivity contribution is 0.0949. The Hall–Kier alpha value is -2.66. The Labute approximate surface area is 135 Å². The Bertz CT molecular complexity index is 935. The number of fused-ring (bicyclic) bond motifs is 1. The normalized spacial score (nSPS) is 10.7. The van der Waals surface area contributed by atoms with Gasteiger partial charge in [0.1, 0.15) is 11.4 Å². The highest BCUT2D eigenvalue weighted by Gasteiger charge is 2.12. The molecule has 0 bridgehead atoms. The first-order valence-electron chi connectivity index (χ1n) is 6.88. The first kappa shape index (κ1) is 15.2. The van der Waals surface area contributed by atoms with Crippen molar-refractivity contribution in [1.82, 2.24) is 10.3 Å². The first-order valence-corrected chi connectivity index (χ1v) is 7.26. The molecule has 0 atom stereocenters. The molecule has 0 saturated heterocycles. The van der Waals surface area contributed by atoms with E-state index < -0.39 is 5.91 Å². The van der Waals surface area contributed by atoms with Crippen LogP contribution in [-0.4, -0.2) is 10.9 Å². The average molecular weight is 331 g/mol. The predicted molar refractivity (Wildman–Crippen MR) is 87.1 cm³/mol. The number of carbonyl (C=O) groups is 1. The molecule has 1 heterocycles. The molecule has 2 N–H and O–H groups in total. The molecule has 1 amide bonds. The van der Waals surface area contributed by atoms with Crippen LogP contribution in [0.1, 0.15) is 15.9 Å². The highest BCUT2D eigenvalue weighted by molar-refractivity contribution is 6.31. The van der Waals surface area contributed by atoms with Crippen molar-refractivity contribution in [3.05, 3.63) is 80.9 Å². The summed E-state index contributed by atoms with van der Waals surface area (Å²) in [6.07, 6.45) is 1.36. The number of pyridine rings is 1. The number of aromatic nitrogens is 1. The zero-order valence-electron chi connectivity index (χ0n) is 11.9. The van der Waals surface area contributed by atoms with Crippen LogP contribution < -0.4 is 10.7 Å². The van der Waals surface area contributed by atoms with Crippen molar-refractivity contribution in [1.29, 1.82) is 0 Å². The lowest BCUT2D eigenvalue weighted by Crippen LogP contribution is -2.28. The Kier molecular flexibility index (Phi) is 4.12. The molecule has 0 aliphatic heterocycles. The maximum atomic E-state index is 12.8. The largest absolute Gasteiger partial charge is 0.360 e. The molecule has 0 aliphatic carbocycles. The van der Waals surface area contributed by atoms with E-state index in [9.17, 15) is 14.0 Å². The number of amides is 1. The van der Waals surface area contributed by atoms with Gasteiger partial charge in [0.25, 0.3) is 5.91 Å². The topological polar surface area (TPSA) is 62.0 Å². The van der Waals surface area contributed by atoms with Gasteiger partial charge in [-0.15, -0.1) is 0 Å². The van der Waals surface area contributed by atoms with Crippen molar-refractivity contribution in [3.63, 3.8) is 0 Å². The maximum absolute atomic E-state index is 12.8. The number of aromatic amines is 1. The summed E-state index contributed by atoms with van der Waals surface area (Å²) in [5.41, 5.74) is 0.954. The fourth-order valence-corrected chi connectivity index (χ4v) is 2.42. The fourth-order valence-electron chi connectivity index (χ4n) is 2.24. The van der Waals surface area contributed by atoms with Crippen LogP contribution in [-0.2, 0) is 6.54 Å². The SMILES string of the molecule is O=C(NCc1ccc(F)cc1)c1c[nH]c2cc(Cl)ccc2c1=O. The van der Waals surface area contributed by atoms with E-state index in [1.165, 1.54) is 18.3 Å². The molecule has 4 nitrogen and oxygen atoms in total. The zero-order valence-corrected chi connectivity index (χ0v) is 12.7. The minimum absolute atomic E-state index is 0.0157. The molecule has 3 rings (SSSR count). The summed E-state index contributed by atoms with van der Waals surface area (Å²) in [7, 11) is 0. The molecule has 0 unspecified atom stereocenters. The zero-order chi connectivity index (χ0) is 16.4. The third-order valence-corrected chi connectivity index (χ3v) is 3.69. The molecular weight excluding hydrogens is 319 g/mol. The van der Waals surface area contributed by atoms with Gasteiger partial charge in [0.2, 0.25) is 5.43 Å². The second kappa shape index (κ2) is 6.22. The van der Waals surface area contributed by atoms with Crippen molar-refractivity contribution >= 4 is 28.4 Å². The highest BCUT2D eigenvalue weighted by atomic mass is 35.5. The molecule has 116 valence electrons. The number of hydrogen-bond acceptors (Lipinski definition) is 2. The second-order valence-corrected chi connectivity index (χ2v) is 5.47. The van der Waals surface area contributed by atoms with Gasteiger partial charge in [-0.05, 0) is 35.9 Å². The molecule has 3 aromatic rings. The van der Waals surface area contributed by atoms with E-state index in [1.807, 2.05) is 0 Å². The number of carbonyl (C=O) groups excluding carboxylic acids is 1. The summed E-state index contributed by atoms with van der Waals surface area (Å²) < 4.78 is 12.8. The number of halogens is 2. The van der Waals surface area contributed by atoms with E-state index in [0.29, 0.717) is 15.9 Å². The number of rotatable bonds is 3. The minimum Gasteiger partial charge on any atom is -0.360 e. The Morgan fingerprint density at radius 3 is 2.65 bits per heavy atom. The molecule has 2 aromatic carbocycles. The Balaban J connectivity index is 1.83. The summed E-state index contributed by atoms with van der Waals surface area (Å²) in [4.78, 5) is 27.4. The standard InChI is InChI=1S/C17H12ClFN2O2/c18-11-3-6-13-15(7-11)20-9-14(16(13)22)17(23)21-8-10-1-4-12(19)5-2-10/h1-7,9H,8H2,(H,20,22)(H,21,23). The van der Waals surface area contributed by atoms with Crippen molar-refractivity contribution in [2.24, 2.45) is 0 Å². The second-order valence-electron chi connectivity index (χ2n) is 5.03. The van der Waals surface area contributed by atoms with Crippen LogP contribution in [0.3, 0.4) is 0 Å². The van der Waals surface area contributed by atoms with Gasteiger partial charge in [-0.3, -0.25) is 9.59 Å². The van der Waals surface area contributed by atoms with Crippen LogP contribution in [0.15, 0.2) is 53.5 Å². The lowest BCUT2D eigenvalue weighted by atomic mass is 10.1. The van der Waals surface area contributed by atoms with Crippen LogP contribution in [0.2, 0.25) is 5.02 Å². The monoisotopic (exact) mass is 330 g/mol. The summed E-state index contributed by atoms with van der Waals surface area (Å²) in [5.74, 6) is -0.836. The molecule has 0 spiro atoms. The third-order valence-electron chi connectivity index (χ3n) is 3.45. The number of benzene rings is 2. The lowest BCUT2D eigenvalue weighted by Gasteiger charge is -2.06. The summed E-state index contributed by atoms with van der Waals surface area (Å²) in [6.45, 7) is 0.206. The molecule has 6 heteroatoms. The number of hydrogen-bond donors (Lipinski definition) is 2. The van der Waals surface area contributed by atoms with E-state index in [0.717, 1.165) is 5.56 Å². The van der Waals surface area contributed by atoms with E-state index in [1.54, 1.807) is 30.3 Å². The Morgan fingerprint density at radius 2 is 1.91 bits per heavy atom. The smallest absolute Gasteiger partial charge is 0.257 e. The van der Waals surface area contributed by atoms with Gasteiger partial charge in [0.05, 0.1) is 5.52 Å². The highest BCUT2D eigenvalue weighted by Crippen LogP contribution is 2.15. The van der Waals surface area contributed by atoms with Gasteiger partial charge in [-0.25, -0.2) is 4.39 Å². The van der Waals surface area contributed by atoms with Crippen molar-refractivity contribution < 1.29 is 9.18 Å². The van der Waals surface area contributed by atoms with E-state index in [2.05, 4.69) is 10.3 Å².